The lowest BCUT2D eigenvalue weighted by molar-refractivity contribution is -0.245. The fourth-order valence-electron chi connectivity index (χ4n) is 5.59. The Balaban J connectivity index is 1.21. The maximum atomic E-state index is 12.5. The summed E-state index contributed by atoms with van der Waals surface area (Å²) in [5, 5.41) is 21.8. The fraction of sp³-hybridized carbons (Fsp3) is 0.351. The zero-order valence-corrected chi connectivity index (χ0v) is 27.6. The summed E-state index contributed by atoms with van der Waals surface area (Å²) >= 11 is 1.56. The number of nitrogens with zero attached hydrogens (tertiary/aromatic N) is 2. The van der Waals surface area contributed by atoms with Gasteiger partial charge in [-0.2, -0.15) is 0 Å². The van der Waals surface area contributed by atoms with Gasteiger partial charge < -0.3 is 19.9 Å². The van der Waals surface area contributed by atoms with Crippen molar-refractivity contribution in [2.75, 3.05) is 5.75 Å². The third-order valence-corrected chi connectivity index (χ3v) is 9.23. The Morgan fingerprint density at radius 2 is 1.50 bits per heavy atom. The molecule has 0 bridgehead atoms. The molecule has 10 nitrogen and oxygen atoms in total. The highest BCUT2D eigenvalue weighted by molar-refractivity contribution is 7.99. The van der Waals surface area contributed by atoms with Crippen molar-refractivity contribution in [3.05, 3.63) is 114 Å². The van der Waals surface area contributed by atoms with Crippen LogP contribution in [0.2, 0.25) is 0 Å². The highest BCUT2D eigenvalue weighted by atomic mass is 32.2. The van der Waals surface area contributed by atoms with Gasteiger partial charge in [0.2, 0.25) is 11.8 Å². The maximum Gasteiger partial charge on any atom is 0.243 e. The lowest BCUT2D eigenvalue weighted by Crippen LogP contribution is -2.31. The van der Waals surface area contributed by atoms with Gasteiger partial charge in [0.15, 0.2) is 11.4 Å². The average molecular weight is 671 g/mol. The van der Waals surface area contributed by atoms with Crippen LogP contribution in [0.3, 0.4) is 0 Å². The molecule has 1 fully saturated rings. The highest BCUT2D eigenvalue weighted by Crippen LogP contribution is 2.39. The van der Waals surface area contributed by atoms with Crippen molar-refractivity contribution >= 4 is 23.6 Å². The summed E-state index contributed by atoms with van der Waals surface area (Å²) in [5.74, 6) is 0.285. The van der Waals surface area contributed by atoms with Gasteiger partial charge in [-0.1, -0.05) is 97.4 Å². The molecule has 5 rings (SSSR count). The topological polar surface area (TPSA) is 143 Å². The largest absolute Gasteiger partial charge is 0.392 e. The number of thioether (sulfide) groups is 1. The lowest BCUT2D eigenvalue weighted by Gasteiger charge is -2.36. The summed E-state index contributed by atoms with van der Waals surface area (Å²) in [4.78, 5) is 32.3. The molecule has 2 heterocycles. The standard InChI is InChI=1S/C37H42N4O6S/c42-24-26-12-14-28(15-13-26)33-22-31(25-48-37-38-20-7-21-39-37)46-36(47-33)29-18-16-27(17-19-29)32-9-6-5-8-30(32)23-40-34(43)10-3-1-2-4-11-35(44)41-45/h5-9,12-21,31,33,36,42,45H,1-4,10-11,22-25H2,(H,40,43)(H,41,44). The predicted octanol–water partition coefficient (Wildman–Crippen LogP) is 6.44. The van der Waals surface area contributed by atoms with Crippen LogP contribution in [0.5, 0.6) is 0 Å². The van der Waals surface area contributed by atoms with Crippen LogP contribution in [-0.2, 0) is 32.2 Å². The van der Waals surface area contributed by atoms with Crippen molar-refractivity contribution in [3.8, 4) is 11.1 Å². The molecule has 1 aliphatic rings. The van der Waals surface area contributed by atoms with E-state index in [2.05, 4.69) is 33.5 Å². The Morgan fingerprint density at radius 1 is 0.812 bits per heavy atom. The smallest absolute Gasteiger partial charge is 0.243 e. The molecule has 252 valence electrons. The minimum atomic E-state index is -0.570. The zero-order valence-electron chi connectivity index (χ0n) is 26.8. The molecule has 0 saturated carbocycles. The minimum Gasteiger partial charge on any atom is -0.392 e. The van der Waals surface area contributed by atoms with Gasteiger partial charge in [-0.3, -0.25) is 14.8 Å². The molecule has 48 heavy (non-hydrogen) atoms. The van der Waals surface area contributed by atoms with E-state index in [1.54, 1.807) is 35.7 Å². The van der Waals surface area contributed by atoms with Gasteiger partial charge in [-0.15, -0.1) is 0 Å². The van der Waals surface area contributed by atoms with Crippen LogP contribution in [0.1, 0.15) is 79.6 Å². The molecule has 3 unspecified atom stereocenters. The van der Waals surface area contributed by atoms with Crippen LogP contribution >= 0.6 is 11.8 Å². The van der Waals surface area contributed by atoms with Gasteiger partial charge in [-0.05, 0) is 46.7 Å². The normalized spacial score (nSPS) is 17.5. The van der Waals surface area contributed by atoms with E-state index in [9.17, 15) is 14.7 Å². The molecule has 3 atom stereocenters. The summed E-state index contributed by atoms with van der Waals surface area (Å²) in [5.41, 5.74) is 7.51. The van der Waals surface area contributed by atoms with Crippen LogP contribution in [0.15, 0.2) is 96.4 Å². The first-order valence-corrected chi connectivity index (χ1v) is 17.3. The zero-order chi connectivity index (χ0) is 33.6. The Labute approximate surface area is 285 Å². The van der Waals surface area contributed by atoms with Crippen molar-refractivity contribution in [2.24, 2.45) is 0 Å². The molecule has 1 saturated heterocycles. The number of amides is 2. The third-order valence-electron chi connectivity index (χ3n) is 8.22. The van der Waals surface area contributed by atoms with Gasteiger partial charge in [0, 0.05) is 49.5 Å². The number of carbonyl (C=O) groups is 2. The van der Waals surface area contributed by atoms with Gasteiger partial charge in [0.05, 0.1) is 18.8 Å². The molecule has 11 heteroatoms. The SMILES string of the molecule is O=C(CCCCCCC(=O)NCc1ccccc1-c1ccc(C2OC(CSc3ncccn3)CC(c3ccc(CO)cc3)O2)cc1)NO. The number of hydrogen-bond donors (Lipinski definition) is 4. The Kier molecular flexibility index (Phi) is 13.5. The average Bonchev–Trinajstić information content (AvgIpc) is 3.15. The van der Waals surface area contributed by atoms with Crippen LogP contribution < -0.4 is 10.8 Å². The van der Waals surface area contributed by atoms with E-state index in [0.717, 1.165) is 52.6 Å². The molecule has 3 aromatic carbocycles. The van der Waals surface area contributed by atoms with E-state index in [-0.39, 0.29) is 37.0 Å². The summed E-state index contributed by atoms with van der Waals surface area (Å²) in [6.45, 7) is 0.412. The molecule has 0 spiro atoms. The van der Waals surface area contributed by atoms with Gasteiger partial charge >= 0.3 is 0 Å². The monoisotopic (exact) mass is 670 g/mol. The summed E-state index contributed by atoms with van der Waals surface area (Å²) < 4.78 is 13.0. The molecule has 4 N–H and O–H groups in total. The molecular formula is C37H42N4O6S. The number of benzene rings is 3. The number of unbranched alkanes of at least 4 members (excludes halogenated alkanes) is 3. The molecule has 2 amide bonds. The number of ether oxygens (including phenoxy) is 2. The van der Waals surface area contributed by atoms with E-state index >= 15 is 0 Å². The van der Waals surface area contributed by atoms with Crippen LogP contribution in [0.4, 0.5) is 0 Å². The van der Waals surface area contributed by atoms with Crippen LogP contribution in [0.25, 0.3) is 11.1 Å². The quantitative estimate of drug-likeness (QED) is 0.0348. The van der Waals surface area contributed by atoms with E-state index in [1.807, 2.05) is 54.6 Å². The highest BCUT2D eigenvalue weighted by Gasteiger charge is 2.32. The first kappa shape index (κ1) is 35.2. The Morgan fingerprint density at radius 3 is 2.21 bits per heavy atom. The number of rotatable bonds is 16. The van der Waals surface area contributed by atoms with Crippen LogP contribution in [0, 0.1) is 0 Å². The Hall–Kier alpha value is -4.13. The number of hydrogen-bond acceptors (Lipinski definition) is 9. The van der Waals surface area contributed by atoms with Crippen molar-refractivity contribution in [1.82, 2.24) is 20.8 Å². The van der Waals surface area contributed by atoms with E-state index in [1.165, 1.54) is 0 Å². The van der Waals surface area contributed by atoms with E-state index in [4.69, 9.17) is 14.7 Å². The number of nitrogens with one attached hydrogen (secondary N) is 2. The third kappa shape index (κ3) is 10.4. The minimum absolute atomic E-state index is 0.00746. The lowest BCUT2D eigenvalue weighted by atomic mass is 9.97. The van der Waals surface area contributed by atoms with E-state index in [0.29, 0.717) is 36.7 Å². The Bertz CT molecular complexity index is 1590. The van der Waals surface area contributed by atoms with Crippen molar-refractivity contribution in [1.29, 1.82) is 0 Å². The molecule has 1 aliphatic heterocycles. The molecular weight excluding hydrogens is 628 g/mol. The first-order chi connectivity index (χ1) is 23.5. The van der Waals surface area contributed by atoms with Crippen molar-refractivity contribution in [2.45, 2.75) is 81.8 Å². The molecule has 0 aliphatic carbocycles. The summed E-state index contributed by atoms with van der Waals surface area (Å²) in [6.07, 6.45) is 7.10. The number of aliphatic hydroxyl groups excluding tert-OH is 1. The van der Waals surface area contributed by atoms with Crippen molar-refractivity contribution < 1.29 is 29.4 Å². The maximum absolute atomic E-state index is 12.5. The number of hydroxylamine groups is 1. The second-order valence-corrected chi connectivity index (χ2v) is 12.7. The van der Waals surface area contributed by atoms with Crippen molar-refractivity contribution in [3.63, 3.8) is 0 Å². The molecule has 1 aromatic heterocycles. The number of aromatic nitrogens is 2. The second kappa shape index (κ2) is 18.4. The summed E-state index contributed by atoms with van der Waals surface area (Å²) in [6, 6.07) is 25.9. The van der Waals surface area contributed by atoms with Gasteiger partial charge in [-0.25, -0.2) is 15.4 Å². The first-order valence-electron chi connectivity index (χ1n) is 16.3. The number of carbonyl (C=O) groups excluding carboxylic acids is 2. The fourth-order valence-corrected chi connectivity index (χ4v) is 6.41. The molecule has 0 radical (unpaired) electrons. The summed E-state index contributed by atoms with van der Waals surface area (Å²) in [7, 11) is 0. The second-order valence-electron chi connectivity index (χ2n) is 11.7. The number of aliphatic hydroxyl groups is 1. The van der Waals surface area contributed by atoms with Gasteiger partial charge in [0.1, 0.15) is 0 Å². The van der Waals surface area contributed by atoms with Crippen LogP contribution in [-0.4, -0.2) is 44.0 Å². The predicted molar refractivity (Wildman–Crippen MR) is 183 cm³/mol. The van der Waals surface area contributed by atoms with Gasteiger partial charge in [0.25, 0.3) is 0 Å². The van der Waals surface area contributed by atoms with E-state index < -0.39 is 6.29 Å². The molecule has 4 aromatic rings.